The SMILES string of the molecule is Cc1c(C)c(C)[n+](C(C)(C)C)c(C)c1C. The van der Waals surface area contributed by atoms with Crippen LogP contribution in [-0.4, -0.2) is 0 Å². The van der Waals surface area contributed by atoms with Crippen LogP contribution in [0.1, 0.15) is 48.8 Å². The zero-order valence-electron chi connectivity index (χ0n) is 11.4. The smallest absolute Gasteiger partial charge is 0.182 e. The van der Waals surface area contributed by atoms with Crippen molar-refractivity contribution in [3.63, 3.8) is 0 Å². The molecule has 0 radical (unpaired) electrons. The van der Waals surface area contributed by atoms with E-state index in [0.717, 1.165) is 0 Å². The molecule has 1 rings (SSSR count). The number of hydrogen-bond acceptors (Lipinski definition) is 0. The van der Waals surface area contributed by atoms with Crippen LogP contribution in [-0.2, 0) is 5.54 Å². The Labute approximate surface area is 94.1 Å². The van der Waals surface area contributed by atoms with Crippen LogP contribution in [0.3, 0.4) is 0 Å². The van der Waals surface area contributed by atoms with Gasteiger partial charge in [0.05, 0.1) is 0 Å². The molecule has 1 nitrogen and oxygen atoms in total. The van der Waals surface area contributed by atoms with Crippen LogP contribution in [0.15, 0.2) is 0 Å². The molecule has 0 fully saturated rings. The molecule has 0 saturated carbocycles. The monoisotopic (exact) mass is 206 g/mol. The Balaban J connectivity index is 3.68. The summed E-state index contributed by atoms with van der Waals surface area (Å²) in [6.07, 6.45) is 0. The Morgan fingerprint density at radius 1 is 0.667 bits per heavy atom. The lowest BCUT2D eigenvalue weighted by Crippen LogP contribution is -2.55. The summed E-state index contributed by atoms with van der Waals surface area (Å²) in [5.41, 5.74) is 7.23. The van der Waals surface area contributed by atoms with Crippen LogP contribution < -0.4 is 4.57 Å². The number of hydrogen-bond donors (Lipinski definition) is 0. The van der Waals surface area contributed by atoms with Gasteiger partial charge in [0, 0.05) is 45.7 Å². The molecule has 1 heterocycles. The molecule has 0 unspecified atom stereocenters. The summed E-state index contributed by atoms with van der Waals surface area (Å²) in [6, 6.07) is 0. The van der Waals surface area contributed by atoms with Gasteiger partial charge in [0.2, 0.25) is 0 Å². The summed E-state index contributed by atoms with van der Waals surface area (Å²) in [4.78, 5) is 0. The van der Waals surface area contributed by atoms with Crippen molar-refractivity contribution in [2.45, 2.75) is 60.9 Å². The molecule has 1 aromatic rings. The van der Waals surface area contributed by atoms with E-state index in [-0.39, 0.29) is 5.54 Å². The van der Waals surface area contributed by atoms with Crippen LogP contribution in [0.2, 0.25) is 0 Å². The third-order valence-corrected chi connectivity index (χ3v) is 3.55. The molecule has 84 valence electrons. The third-order valence-electron chi connectivity index (χ3n) is 3.55. The first-order valence-corrected chi connectivity index (χ1v) is 5.67. The second-order valence-corrected chi connectivity index (χ2v) is 5.55. The normalized spacial score (nSPS) is 12.0. The topological polar surface area (TPSA) is 3.88 Å². The fourth-order valence-corrected chi connectivity index (χ4v) is 2.42. The Bertz CT molecular complexity index is 366. The summed E-state index contributed by atoms with van der Waals surface area (Å²) in [7, 11) is 0. The predicted octanol–water partition coefficient (Wildman–Crippen LogP) is 3.27. The number of aromatic nitrogens is 1. The second-order valence-electron chi connectivity index (χ2n) is 5.55. The summed E-state index contributed by atoms with van der Waals surface area (Å²) < 4.78 is 2.45. The standard InChI is InChI=1S/C14H24N/c1-9-10(2)12(4)15(14(6,7)8)13(5)11(9)3/h1-8H3/q+1. The molecule has 1 heteroatoms. The van der Waals surface area contributed by atoms with Gasteiger partial charge in [-0.3, -0.25) is 0 Å². The van der Waals surface area contributed by atoms with Gasteiger partial charge in [0.25, 0.3) is 0 Å². The average Bonchev–Trinajstić information content (AvgIpc) is 2.09. The minimum Gasteiger partial charge on any atom is -0.195 e. The predicted molar refractivity (Wildman–Crippen MR) is 65.3 cm³/mol. The van der Waals surface area contributed by atoms with Gasteiger partial charge in [-0.2, -0.15) is 4.57 Å². The molecule has 0 amide bonds. The maximum atomic E-state index is 2.45. The van der Waals surface area contributed by atoms with Gasteiger partial charge in [-0.25, -0.2) is 0 Å². The molecule has 0 atom stereocenters. The van der Waals surface area contributed by atoms with Crippen LogP contribution in [0.4, 0.5) is 0 Å². The molecule has 0 aliphatic heterocycles. The molecule has 0 N–H and O–H groups in total. The van der Waals surface area contributed by atoms with Crippen molar-refractivity contribution < 1.29 is 4.57 Å². The highest BCUT2D eigenvalue weighted by Gasteiger charge is 2.29. The molecule has 0 aliphatic carbocycles. The maximum absolute atomic E-state index is 2.45. The van der Waals surface area contributed by atoms with E-state index in [9.17, 15) is 0 Å². The first kappa shape index (κ1) is 12.2. The van der Waals surface area contributed by atoms with E-state index < -0.39 is 0 Å². The quantitative estimate of drug-likeness (QED) is 0.574. The third kappa shape index (κ3) is 1.92. The molecule has 15 heavy (non-hydrogen) atoms. The van der Waals surface area contributed by atoms with Gasteiger partial charge >= 0.3 is 0 Å². The molecular weight excluding hydrogens is 182 g/mol. The van der Waals surface area contributed by atoms with E-state index in [0.29, 0.717) is 0 Å². The van der Waals surface area contributed by atoms with Crippen LogP contribution >= 0.6 is 0 Å². The van der Waals surface area contributed by atoms with Gasteiger partial charge in [-0.15, -0.1) is 0 Å². The number of rotatable bonds is 0. The maximum Gasteiger partial charge on any atom is 0.182 e. The number of pyridine rings is 1. The van der Waals surface area contributed by atoms with Crippen LogP contribution in [0, 0.1) is 34.6 Å². The fourth-order valence-electron chi connectivity index (χ4n) is 2.42. The van der Waals surface area contributed by atoms with Crippen LogP contribution in [0.25, 0.3) is 0 Å². The van der Waals surface area contributed by atoms with Crippen molar-refractivity contribution >= 4 is 0 Å². The van der Waals surface area contributed by atoms with Crippen molar-refractivity contribution in [3.8, 4) is 0 Å². The van der Waals surface area contributed by atoms with E-state index in [1.54, 1.807) is 0 Å². The Morgan fingerprint density at radius 3 is 1.27 bits per heavy atom. The molecule has 1 aromatic heterocycles. The van der Waals surface area contributed by atoms with E-state index in [4.69, 9.17) is 0 Å². The lowest BCUT2D eigenvalue weighted by Gasteiger charge is -2.21. The highest BCUT2D eigenvalue weighted by atomic mass is 15.1. The van der Waals surface area contributed by atoms with E-state index in [1.807, 2.05) is 0 Å². The Kier molecular flexibility index (Phi) is 2.95. The first-order chi connectivity index (χ1) is 6.68. The van der Waals surface area contributed by atoms with E-state index >= 15 is 0 Å². The molecular formula is C14H24N+. The second kappa shape index (κ2) is 3.62. The summed E-state index contributed by atoms with van der Waals surface area (Å²) in [6.45, 7) is 17.9. The largest absolute Gasteiger partial charge is 0.195 e. The first-order valence-electron chi connectivity index (χ1n) is 5.67. The van der Waals surface area contributed by atoms with Crippen LogP contribution in [0.5, 0.6) is 0 Å². The lowest BCUT2D eigenvalue weighted by atomic mass is 9.97. The van der Waals surface area contributed by atoms with E-state index in [1.165, 1.54) is 28.1 Å². The molecule has 0 spiro atoms. The van der Waals surface area contributed by atoms with Crippen molar-refractivity contribution in [2.24, 2.45) is 0 Å². The Hall–Kier alpha value is -0.850. The summed E-state index contributed by atoms with van der Waals surface area (Å²) in [5.74, 6) is 0. The van der Waals surface area contributed by atoms with E-state index in [2.05, 4.69) is 60.0 Å². The van der Waals surface area contributed by atoms with Crippen molar-refractivity contribution in [3.05, 3.63) is 28.1 Å². The fraction of sp³-hybridized carbons (Fsp3) is 0.643. The summed E-state index contributed by atoms with van der Waals surface area (Å²) in [5, 5.41) is 0. The molecule has 0 saturated heterocycles. The van der Waals surface area contributed by atoms with Crippen molar-refractivity contribution in [1.29, 1.82) is 0 Å². The molecule has 0 bridgehead atoms. The van der Waals surface area contributed by atoms with Gasteiger partial charge in [-0.1, -0.05) is 0 Å². The zero-order valence-corrected chi connectivity index (χ0v) is 11.4. The van der Waals surface area contributed by atoms with Gasteiger partial charge < -0.3 is 0 Å². The zero-order chi connectivity index (χ0) is 12.0. The lowest BCUT2D eigenvalue weighted by molar-refractivity contribution is -0.764. The Morgan fingerprint density at radius 2 is 1.00 bits per heavy atom. The van der Waals surface area contributed by atoms with Crippen molar-refractivity contribution in [2.75, 3.05) is 0 Å². The van der Waals surface area contributed by atoms with Gasteiger partial charge in [-0.05, 0) is 26.3 Å². The minimum absolute atomic E-state index is 0.164. The highest BCUT2D eigenvalue weighted by Crippen LogP contribution is 2.19. The average molecular weight is 206 g/mol. The van der Waals surface area contributed by atoms with Gasteiger partial charge in [0.1, 0.15) is 0 Å². The number of nitrogens with zero attached hydrogens (tertiary/aromatic N) is 1. The highest BCUT2D eigenvalue weighted by molar-refractivity contribution is 5.33. The van der Waals surface area contributed by atoms with Gasteiger partial charge in [0.15, 0.2) is 16.9 Å². The molecule has 0 aromatic carbocycles. The minimum atomic E-state index is 0.164. The summed E-state index contributed by atoms with van der Waals surface area (Å²) >= 11 is 0. The van der Waals surface area contributed by atoms with Crippen molar-refractivity contribution in [1.82, 2.24) is 0 Å². The molecule has 0 aliphatic rings.